The van der Waals surface area contributed by atoms with Crippen molar-refractivity contribution in [1.29, 1.82) is 0 Å². The zero-order valence-corrected chi connectivity index (χ0v) is 18.3. The Hall–Kier alpha value is -3.35. The molecule has 7 heteroatoms. The molecule has 168 valence electrons. The highest BCUT2D eigenvalue weighted by atomic mass is 16.5. The number of carbonyl (C=O) groups is 3. The summed E-state index contributed by atoms with van der Waals surface area (Å²) in [5, 5.41) is 5.83. The number of rotatable bonds is 8. The Morgan fingerprint density at radius 3 is 2.72 bits per heavy atom. The third kappa shape index (κ3) is 4.93. The van der Waals surface area contributed by atoms with E-state index in [1.54, 1.807) is 7.11 Å². The fraction of sp³-hybridized carbons (Fsp3) is 0.400. The Bertz CT molecular complexity index is 989. The first kappa shape index (κ1) is 21.9. The minimum Gasteiger partial charge on any atom is -0.497 e. The summed E-state index contributed by atoms with van der Waals surface area (Å²) in [4.78, 5) is 38.8. The third-order valence-corrected chi connectivity index (χ3v) is 6.25. The highest BCUT2D eigenvalue weighted by Crippen LogP contribution is 2.29. The molecule has 4 rings (SSSR count). The molecular weight excluding hydrogens is 406 g/mol. The summed E-state index contributed by atoms with van der Waals surface area (Å²) in [6.45, 7) is 0.304. The Kier molecular flexibility index (Phi) is 6.73. The van der Waals surface area contributed by atoms with Gasteiger partial charge in [0.2, 0.25) is 5.91 Å². The largest absolute Gasteiger partial charge is 0.497 e. The molecule has 0 saturated carbocycles. The maximum absolute atomic E-state index is 12.7. The van der Waals surface area contributed by atoms with Crippen molar-refractivity contribution in [2.75, 3.05) is 13.7 Å². The molecule has 32 heavy (non-hydrogen) atoms. The molecule has 1 aliphatic heterocycles. The van der Waals surface area contributed by atoms with Gasteiger partial charge in [-0.25, -0.2) is 4.79 Å². The van der Waals surface area contributed by atoms with E-state index in [1.165, 1.54) is 16.0 Å². The summed E-state index contributed by atoms with van der Waals surface area (Å²) >= 11 is 0. The number of amides is 4. The van der Waals surface area contributed by atoms with E-state index in [0.29, 0.717) is 19.4 Å². The first-order valence-corrected chi connectivity index (χ1v) is 11.2. The molecule has 1 heterocycles. The monoisotopic (exact) mass is 435 g/mol. The Morgan fingerprint density at radius 1 is 1.16 bits per heavy atom. The van der Waals surface area contributed by atoms with E-state index < -0.39 is 12.1 Å². The minimum absolute atomic E-state index is 0.0160. The maximum Gasteiger partial charge on any atom is 0.324 e. The van der Waals surface area contributed by atoms with Crippen LogP contribution in [0.3, 0.4) is 0 Å². The first-order chi connectivity index (χ1) is 15.5. The highest BCUT2D eigenvalue weighted by Gasteiger charge is 2.37. The Balaban J connectivity index is 1.26. The summed E-state index contributed by atoms with van der Waals surface area (Å²) in [6.07, 6.45) is 4.06. The summed E-state index contributed by atoms with van der Waals surface area (Å²) in [5.41, 5.74) is 3.49. The van der Waals surface area contributed by atoms with Crippen LogP contribution in [0.4, 0.5) is 4.79 Å². The topological polar surface area (TPSA) is 87.7 Å². The standard InChI is InChI=1S/C25H29N3O4/c1-32-19-11-9-17(10-12-19)15-16-28-24(30)22(27-25(28)31)13-14-23(29)26-21-8-4-6-18-5-2-3-7-20(18)21/h2-3,5,7,9-12,21-22H,4,6,8,13-16H2,1H3,(H,26,29)(H,27,31)/t21-,22+/m1/s1. The summed E-state index contributed by atoms with van der Waals surface area (Å²) in [6, 6.07) is 14.7. The van der Waals surface area contributed by atoms with E-state index in [0.717, 1.165) is 30.6 Å². The predicted octanol–water partition coefficient (Wildman–Crippen LogP) is 3.13. The number of fused-ring (bicyclic) bond motifs is 1. The van der Waals surface area contributed by atoms with Crippen LogP contribution in [0.2, 0.25) is 0 Å². The average Bonchev–Trinajstić information content (AvgIpc) is 3.09. The molecule has 2 aromatic rings. The van der Waals surface area contributed by atoms with Crippen molar-refractivity contribution in [2.45, 2.75) is 50.6 Å². The van der Waals surface area contributed by atoms with E-state index in [1.807, 2.05) is 36.4 Å². The van der Waals surface area contributed by atoms with Gasteiger partial charge in [-0.05, 0) is 60.9 Å². The highest BCUT2D eigenvalue weighted by molar-refractivity contribution is 6.04. The molecule has 0 spiro atoms. The molecule has 2 aliphatic rings. The molecule has 1 fully saturated rings. The van der Waals surface area contributed by atoms with Gasteiger partial charge in [-0.15, -0.1) is 0 Å². The molecular formula is C25H29N3O4. The van der Waals surface area contributed by atoms with Crippen LogP contribution < -0.4 is 15.4 Å². The van der Waals surface area contributed by atoms with Gasteiger partial charge in [-0.3, -0.25) is 14.5 Å². The van der Waals surface area contributed by atoms with Crippen molar-refractivity contribution in [3.8, 4) is 5.75 Å². The third-order valence-electron chi connectivity index (χ3n) is 6.25. The van der Waals surface area contributed by atoms with Gasteiger partial charge in [0.1, 0.15) is 11.8 Å². The van der Waals surface area contributed by atoms with Gasteiger partial charge in [-0.2, -0.15) is 0 Å². The van der Waals surface area contributed by atoms with Crippen molar-refractivity contribution in [1.82, 2.24) is 15.5 Å². The minimum atomic E-state index is -0.650. The number of benzene rings is 2. The fourth-order valence-corrected chi connectivity index (χ4v) is 4.46. The molecule has 0 bridgehead atoms. The van der Waals surface area contributed by atoms with Gasteiger partial charge in [0.15, 0.2) is 0 Å². The van der Waals surface area contributed by atoms with Crippen LogP contribution in [-0.2, 0) is 22.4 Å². The number of nitrogens with zero attached hydrogens (tertiary/aromatic N) is 1. The molecule has 7 nitrogen and oxygen atoms in total. The predicted molar refractivity (Wildman–Crippen MR) is 120 cm³/mol. The van der Waals surface area contributed by atoms with Crippen LogP contribution in [0.15, 0.2) is 48.5 Å². The lowest BCUT2D eigenvalue weighted by atomic mass is 9.87. The van der Waals surface area contributed by atoms with Crippen LogP contribution in [0.5, 0.6) is 5.75 Å². The van der Waals surface area contributed by atoms with Gasteiger partial charge >= 0.3 is 6.03 Å². The van der Waals surface area contributed by atoms with Crippen LogP contribution >= 0.6 is 0 Å². The summed E-state index contributed by atoms with van der Waals surface area (Å²) in [7, 11) is 1.61. The fourth-order valence-electron chi connectivity index (χ4n) is 4.46. The second kappa shape index (κ2) is 9.85. The van der Waals surface area contributed by atoms with Gasteiger partial charge < -0.3 is 15.4 Å². The van der Waals surface area contributed by atoms with Crippen LogP contribution in [-0.4, -0.2) is 42.4 Å². The lowest BCUT2D eigenvalue weighted by molar-refractivity contribution is -0.127. The normalized spacial score (nSPS) is 20.0. The SMILES string of the molecule is COc1ccc(CCN2C(=O)N[C@@H](CCC(=O)N[C@@H]3CCCc4ccccc43)C2=O)cc1. The maximum atomic E-state index is 12.7. The zero-order chi connectivity index (χ0) is 22.5. The van der Waals surface area contributed by atoms with Crippen LogP contribution in [0.25, 0.3) is 0 Å². The van der Waals surface area contributed by atoms with E-state index in [4.69, 9.17) is 4.74 Å². The second-order valence-corrected chi connectivity index (χ2v) is 8.34. The lowest BCUT2D eigenvalue weighted by Crippen LogP contribution is -2.35. The lowest BCUT2D eigenvalue weighted by Gasteiger charge is -2.26. The molecule has 2 aromatic carbocycles. The van der Waals surface area contributed by atoms with E-state index in [2.05, 4.69) is 22.8 Å². The summed E-state index contributed by atoms with van der Waals surface area (Å²) < 4.78 is 5.15. The smallest absolute Gasteiger partial charge is 0.324 e. The first-order valence-electron chi connectivity index (χ1n) is 11.2. The number of aryl methyl sites for hydroxylation is 1. The molecule has 1 aliphatic carbocycles. The van der Waals surface area contributed by atoms with Crippen molar-refractivity contribution >= 4 is 17.8 Å². The van der Waals surface area contributed by atoms with Crippen molar-refractivity contribution in [3.05, 3.63) is 65.2 Å². The van der Waals surface area contributed by atoms with Gasteiger partial charge in [0.05, 0.1) is 13.2 Å². The molecule has 0 aromatic heterocycles. The Labute approximate surface area is 188 Å². The molecule has 0 unspecified atom stereocenters. The number of imide groups is 1. The molecule has 1 saturated heterocycles. The average molecular weight is 436 g/mol. The van der Waals surface area contributed by atoms with Gasteiger partial charge in [0, 0.05) is 13.0 Å². The van der Waals surface area contributed by atoms with E-state index in [-0.39, 0.29) is 24.3 Å². The number of urea groups is 1. The van der Waals surface area contributed by atoms with Gasteiger partial charge in [0.25, 0.3) is 5.91 Å². The van der Waals surface area contributed by atoms with Crippen LogP contribution in [0.1, 0.15) is 48.4 Å². The van der Waals surface area contributed by atoms with Crippen molar-refractivity contribution in [2.24, 2.45) is 0 Å². The second-order valence-electron chi connectivity index (χ2n) is 8.34. The number of methoxy groups -OCH3 is 1. The molecule has 2 atom stereocenters. The quantitative estimate of drug-likeness (QED) is 0.624. The van der Waals surface area contributed by atoms with Crippen molar-refractivity contribution in [3.63, 3.8) is 0 Å². The number of ether oxygens (including phenoxy) is 1. The number of hydrogen-bond acceptors (Lipinski definition) is 4. The number of carbonyl (C=O) groups excluding carboxylic acids is 3. The van der Waals surface area contributed by atoms with E-state index in [9.17, 15) is 14.4 Å². The van der Waals surface area contributed by atoms with E-state index >= 15 is 0 Å². The number of hydrogen-bond donors (Lipinski definition) is 2. The Morgan fingerprint density at radius 2 is 1.94 bits per heavy atom. The number of nitrogens with one attached hydrogen (secondary N) is 2. The molecule has 2 N–H and O–H groups in total. The van der Waals surface area contributed by atoms with Gasteiger partial charge in [-0.1, -0.05) is 36.4 Å². The molecule has 0 radical (unpaired) electrons. The van der Waals surface area contributed by atoms with Crippen molar-refractivity contribution < 1.29 is 19.1 Å². The zero-order valence-electron chi connectivity index (χ0n) is 18.3. The summed E-state index contributed by atoms with van der Waals surface area (Å²) in [5.74, 6) is 0.406. The molecule has 4 amide bonds. The van der Waals surface area contributed by atoms with Crippen LogP contribution in [0, 0.1) is 0 Å².